The fourth-order valence-corrected chi connectivity index (χ4v) is 1.19. The number of halogens is 1. The molecule has 14 heavy (non-hydrogen) atoms. The lowest BCUT2D eigenvalue weighted by Gasteiger charge is -2.06. The fourth-order valence-electron chi connectivity index (χ4n) is 1.19. The first-order valence-electron chi connectivity index (χ1n) is 4.72. The molecule has 0 spiro atoms. The minimum Gasteiger partial charge on any atom is -0.392 e. The Labute approximate surface area is 91.8 Å². The number of aliphatic hydroxyl groups is 1. The Morgan fingerprint density at radius 2 is 1.93 bits per heavy atom. The number of aliphatic hydroxyl groups excluding tert-OH is 1. The standard InChI is InChI=1S/C11H17NO.ClH/c1-10(13)9-12-8-7-11-5-3-2-4-6-11;/h2-6,10,12-13H,7-9H2,1H3;1H/t10-;/m1./s1. The highest BCUT2D eigenvalue weighted by molar-refractivity contribution is 5.85. The third kappa shape index (κ3) is 5.97. The molecule has 0 saturated heterocycles. The van der Waals surface area contributed by atoms with Crippen LogP contribution in [0.4, 0.5) is 0 Å². The summed E-state index contributed by atoms with van der Waals surface area (Å²) in [5, 5.41) is 12.2. The van der Waals surface area contributed by atoms with Gasteiger partial charge in [-0.2, -0.15) is 0 Å². The summed E-state index contributed by atoms with van der Waals surface area (Å²) in [6, 6.07) is 10.3. The maximum atomic E-state index is 8.99. The molecule has 0 aliphatic carbocycles. The zero-order chi connectivity index (χ0) is 9.52. The summed E-state index contributed by atoms with van der Waals surface area (Å²) in [5.74, 6) is 0. The predicted octanol–water partition coefficient (Wildman–Crippen LogP) is 1.62. The van der Waals surface area contributed by atoms with Crippen molar-refractivity contribution < 1.29 is 5.11 Å². The minimum atomic E-state index is -0.254. The molecule has 0 amide bonds. The number of hydrogen-bond donors (Lipinski definition) is 2. The highest BCUT2D eigenvalue weighted by atomic mass is 35.5. The molecule has 0 radical (unpaired) electrons. The van der Waals surface area contributed by atoms with Crippen LogP contribution in [0.3, 0.4) is 0 Å². The number of benzene rings is 1. The average molecular weight is 216 g/mol. The molecule has 80 valence electrons. The van der Waals surface area contributed by atoms with Crippen molar-refractivity contribution in [2.24, 2.45) is 0 Å². The fraction of sp³-hybridized carbons (Fsp3) is 0.455. The Morgan fingerprint density at radius 1 is 1.29 bits per heavy atom. The zero-order valence-electron chi connectivity index (χ0n) is 8.44. The third-order valence-corrected chi connectivity index (χ3v) is 1.87. The molecule has 0 saturated carbocycles. The molecule has 0 aromatic heterocycles. The summed E-state index contributed by atoms with van der Waals surface area (Å²) in [7, 11) is 0. The third-order valence-electron chi connectivity index (χ3n) is 1.87. The first kappa shape index (κ1) is 13.4. The van der Waals surface area contributed by atoms with Gasteiger partial charge in [0.2, 0.25) is 0 Å². The van der Waals surface area contributed by atoms with Crippen molar-refractivity contribution in [3.8, 4) is 0 Å². The smallest absolute Gasteiger partial charge is 0.0636 e. The largest absolute Gasteiger partial charge is 0.392 e. The van der Waals surface area contributed by atoms with Gasteiger partial charge in [-0.05, 0) is 25.5 Å². The Bertz CT molecular complexity index is 226. The SMILES string of the molecule is C[C@@H](O)CNCCc1ccccc1.Cl. The van der Waals surface area contributed by atoms with Gasteiger partial charge in [0.05, 0.1) is 6.10 Å². The van der Waals surface area contributed by atoms with Crippen molar-refractivity contribution >= 4 is 12.4 Å². The lowest BCUT2D eigenvalue weighted by atomic mass is 10.1. The predicted molar refractivity (Wildman–Crippen MR) is 61.9 cm³/mol. The van der Waals surface area contributed by atoms with Crippen LogP contribution in [-0.2, 0) is 6.42 Å². The Morgan fingerprint density at radius 3 is 2.50 bits per heavy atom. The van der Waals surface area contributed by atoms with E-state index in [0.29, 0.717) is 6.54 Å². The van der Waals surface area contributed by atoms with Crippen LogP contribution in [0.15, 0.2) is 30.3 Å². The summed E-state index contributed by atoms with van der Waals surface area (Å²) >= 11 is 0. The highest BCUT2D eigenvalue weighted by Crippen LogP contribution is 1.97. The van der Waals surface area contributed by atoms with E-state index in [0.717, 1.165) is 13.0 Å². The Kier molecular flexibility index (Phi) is 7.48. The molecule has 0 fully saturated rings. The minimum absolute atomic E-state index is 0. The van der Waals surface area contributed by atoms with Gasteiger partial charge in [0.1, 0.15) is 0 Å². The summed E-state index contributed by atoms with van der Waals surface area (Å²) in [6.45, 7) is 3.39. The second kappa shape index (κ2) is 7.80. The van der Waals surface area contributed by atoms with Gasteiger partial charge in [0.15, 0.2) is 0 Å². The van der Waals surface area contributed by atoms with Gasteiger partial charge in [-0.1, -0.05) is 30.3 Å². The van der Waals surface area contributed by atoms with E-state index < -0.39 is 0 Å². The normalized spacial score (nSPS) is 11.9. The molecule has 0 bridgehead atoms. The number of hydrogen-bond acceptors (Lipinski definition) is 2. The summed E-state index contributed by atoms with van der Waals surface area (Å²) in [5.41, 5.74) is 1.33. The molecular weight excluding hydrogens is 198 g/mol. The maximum absolute atomic E-state index is 8.99. The van der Waals surface area contributed by atoms with Crippen LogP contribution in [0, 0.1) is 0 Å². The Balaban J connectivity index is 0.00000169. The van der Waals surface area contributed by atoms with Gasteiger partial charge in [0.25, 0.3) is 0 Å². The summed E-state index contributed by atoms with van der Waals surface area (Å²) in [6.07, 6.45) is 0.767. The van der Waals surface area contributed by atoms with E-state index in [2.05, 4.69) is 17.4 Å². The van der Waals surface area contributed by atoms with Crippen molar-refractivity contribution in [2.75, 3.05) is 13.1 Å². The van der Waals surface area contributed by atoms with Crippen molar-refractivity contribution in [2.45, 2.75) is 19.4 Å². The van der Waals surface area contributed by atoms with E-state index in [-0.39, 0.29) is 18.5 Å². The maximum Gasteiger partial charge on any atom is 0.0636 e. The van der Waals surface area contributed by atoms with E-state index in [4.69, 9.17) is 5.11 Å². The molecule has 0 aliphatic rings. The first-order chi connectivity index (χ1) is 6.29. The average Bonchev–Trinajstić information content (AvgIpc) is 2.14. The monoisotopic (exact) mass is 215 g/mol. The molecule has 1 atom stereocenters. The van der Waals surface area contributed by atoms with Crippen LogP contribution in [0.25, 0.3) is 0 Å². The molecule has 0 unspecified atom stereocenters. The van der Waals surface area contributed by atoms with Gasteiger partial charge in [0, 0.05) is 6.54 Å². The number of rotatable bonds is 5. The van der Waals surface area contributed by atoms with Gasteiger partial charge >= 0.3 is 0 Å². The molecule has 1 aromatic carbocycles. The van der Waals surface area contributed by atoms with Gasteiger partial charge in [-0.15, -0.1) is 12.4 Å². The van der Waals surface area contributed by atoms with Crippen molar-refractivity contribution in [3.63, 3.8) is 0 Å². The second-order valence-corrected chi connectivity index (χ2v) is 3.29. The molecule has 0 aliphatic heterocycles. The van der Waals surface area contributed by atoms with Crippen LogP contribution < -0.4 is 5.32 Å². The van der Waals surface area contributed by atoms with E-state index >= 15 is 0 Å². The van der Waals surface area contributed by atoms with Crippen LogP contribution in [-0.4, -0.2) is 24.3 Å². The zero-order valence-corrected chi connectivity index (χ0v) is 9.26. The molecule has 1 rings (SSSR count). The van der Waals surface area contributed by atoms with Crippen LogP contribution >= 0.6 is 12.4 Å². The molecular formula is C11H18ClNO. The van der Waals surface area contributed by atoms with E-state index in [9.17, 15) is 0 Å². The van der Waals surface area contributed by atoms with Gasteiger partial charge in [-0.25, -0.2) is 0 Å². The highest BCUT2D eigenvalue weighted by Gasteiger charge is 1.94. The van der Waals surface area contributed by atoms with Crippen molar-refractivity contribution in [1.82, 2.24) is 5.32 Å². The molecule has 0 heterocycles. The lowest BCUT2D eigenvalue weighted by Crippen LogP contribution is -2.26. The van der Waals surface area contributed by atoms with Crippen LogP contribution in [0.5, 0.6) is 0 Å². The quantitative estimate of drug-likeness (QED) is 0.732. The van der Waals surface area contributed by atoms with E-state index in [1.807, 2.05) is 18.2 Å². The topological polar surface area (TPSA) is 32.3 Å². The second-order valence-electron chi connectivity index (χ2n) is 3.29. The van der Waals surface area contributed by atoms with Gasteiger partial charge < -0.3 is 10.4 Å². The van der Waals surface area contributed by atoms with E-state index in [1.165, 1.54) is 5.56 Å². The molecule has 3 heteroatoms. The molecule has 2 nitrogen and oxygen atoms in total. The van der Waals surface area contributed by atoms with Crippen LogP contribution in [0.2, 0.25) is 0 Å². The molecule has 2 N–H and O–H groups in total. The molecule has 1 aromatic rings. The van der Waals surface area contributed by atoms with Crippen LogP contribution in [0.1, 0.15) is 12.5 Å². The van der Waals surface area contributed by atoms with Crippen molar-refractivity contribution in [3.05, 3.63) is 35.9 Å². The summed E-state index contributed by atoms with van der Waals surface area (Å²) < 4.78 is 0. The Hall–Kier alpha value is -0.570. The summed E-state index contributed by atoms with van der Waals surface area (Å²) in [4.78, 5) is 0. The first-order valence-corrected chi connectivity index (χ1v) is 4.72. The lowest BCUT2D eigenvalue weighted by molar-refractivity contribution is 0.191. The van der Waals surface area contributed by atoms with Gasteiger partial charge in [-0.3, -0.25) is 0 Å². The number of nitrogens with one attached hydrogen (secondary N) is 1. The van der Waals surface area contributed by atoms with E-state index in [1.54, 1.807) is 6.92 Å². The van der Waals surface area contributed by atoms with Crippen molar-refractivity contribution in [1.29, 1.82) is 0 Å².